The molecular formula is C19H18F16O2. The molecule has 0 amide bonds. The number of ether oxygens (including phenoxy) is 1. The van der Waals surface area contributed by atoms with Crippen LogP contribution in [0, 0.1) is 11.8 Å². The number of allylic oxidation sites excluding steroid dienone is 1. The molecule has 2 aliphatic rings. The number of halogens is 16. The molecule has 0 aromatic rings. The molecule has 37 heavy (non-hydrogen) atoms. The topological polar surface area (TPSA) is 29.5 Å². The van der Waals surface area contributed by atoms with Gasteiger partial charge in [0.05, 0.1) is 6.10 Å². The Morgan fingerprint density at radius 3 is 1.43 bits per heavy atom. The summed E-state index contributed by atoms with van der Waals surface area (Å²) in [6.07, 6.45) is -35.6. The van der Waals surface area contributed by atoms with E-state index in [1.165, 1.54) is 12.2 Å². The first-order valence-electron chi connectivity index (χ1n) is 10.4. The number of fused-ring (bicyclic) bond motifs is 2. The largest absolute Gasteiger partial charge is 0.456 e. The van der Waals surface area contributed by atoms with Gasteiger partial charge in [-0.3, -0.25) is 0 Å². The monoisotopic (exact) mass is 582 g/mol. The SMILES string of the molecule is OC(CCCCC(OC1CC2C=CC1C2)(C(F)(F)F)C(F)(F)C(F)(F)F)(C(F)(F)F)C(F)(F)C(F)(F)F. The van der Waals surface area contributed by atoms with Crippen molar-refractivity contribution in [3.63, 3.8) is 0 Å². The van der Waals surface area contributed by atoms with E-state index in [1.807, 2.05) is 0 Å². The van der Waals surface area contributed by atoms with Gasteiger partial charge in [0.2, 0.25) is 11.2 Å². The number of hydrogen-bond donors (Lipinski definition) is 1. The average molecular weight is 582 g/mol. The van der Waals surface area contributed by atoms with E-state index in [2.05, 4.69) is 4.74 Å². The van der Waals surface area contributed by atoms with Gasteiger partial charge in [0.15, 0.2) is 0 Å². The van der Waals surface area contributed by atoms with Crippen molar-refractivity contribution in [3.05, 3.63) is 12.2 Å². The maximum absolute atomic E-state index is 14.4. The predicted octanol–water partition coefficient (Wildman–Crippen LogP) is 7.52. The Morgan fingerprint density at radius 1 is 0.595 bits per heavy atom. The van der Waals surface area contributed by atoms with Gasteiger partial charge < -0.3 is 9.84 Å². The van der Waals surface area contributed by atoms with Crippen molar-refractivity contribution in [1.29, 1.82) is 0 Å². The first-order valence-corrected chi connectivity index (χ1v) is 10.4. The molecule has 0 heterocycles. The molecule has 1 N–H and O–H groups in total. The molecule has 0 aromatic heterocycles. The van der Waals surface area contributed by atoms with E-state index in [-0.39, 0.29) is 6.42 Å². The summed E-state index contributed by atoms with van der Waals surface area (Å²) >= 11 is 0. The molecule has 0 radical (unpaired) electrons. The van der Waals surface area contributed by atoms with Gasteiger partial charge in [0, 0.05) is 5.92 Å². The lowest BCUT2D eigenvalue weighted by molar-refractivity contribution is -0.421. The molecule has 0 aromatic carbocycles. The Bertz CT molecular complexity index is 839. The number of hydrogen-bond acceptors (Lipinski definition) is 2. The van der Waals surface area contributed by atoms with Gasteiger partial charge >= 0.3 is 36.6 Å². The molecule has 2 aliphatic carbocycles. The minimum atomic E-state index is -7.01. The molecule has 1 fully saturated rings. The minimum absolute atomic E-state index is 0.0569. The molecule has 2 bridgehead atoms. The Morgan fingerprint density at radius 2 is 1.08 bits per heavy atom. The van der Waals surface area contributed by atoms with Gasteiger partial charge in [0.25, 0.3) is 0 Å². The van der Waals surface area contributed by atoms with Crippen LogP contribution in [-0.4, -0.2) is 59.0 Å². The molecular weight excluding hydrogens is 564 g/mol. The molecule has 1 saturated carbocycles. The first kappa shape index (κ1) is 31.8. The maximum Gasteiger partial charge on any atom is 0.456 e. The Kier molecular flexibility index (Phi) is 8.01. The highest BCUT2D eigenvalue weighted by Crippen LogP contribution is 2.58. The minimum Gasteiger partial charge on any atom is -0.376 e. The van der Waals surface area contributed by atoms with Crippen LogP contribution in [0.5, 0.6) is 0 Å². The van der Waals surface area contributed by atoms with E-state index in [4.69, 9.17) is 0 Å². The third kappa shape index (κ3) is 5.24. The third-order valence-electron chi connectivity index (χ3n) is 6.55. The van der Waals surface area contributed by atoms with Gasteiger partial charge in [-0.25, -0.2) is 0 Å². The summed E-state index contributed by atoms with van der Waals surface area (Å²) < 4.78 is 217. The fourth-order valence-electron chi connectivity index (χ4n) is 4.50. The highest BCUT2D eigenvalue weighted by atomic mass is 19.4. The Labute approximate surface area is 197 Å². The van der Waals surface area contributed by atoms with Crippen LogP contribution >= 0.6 is 0 Å². The van der Waals surface area contributed by atoms with Crippen LogP contribution in [0.4, 0.5) is 70.2 Å². The fourth-order valence-corrected chi connectivity index (χ4v) is 4.50. The summed E-state index contributed by atoms with van der Waals surface area (Å²) in [6, 6.07) is 0. The number of aliphatic hydroxyl groups is 1. The quantitative estimate of drug-likeness (QED) is 0.173. The molecule has 5 unspecified atom stereocenters. The van der Waals surface area contributed by atoms with Gasteiger partial charge in [-0.1, -0.05) is 12.2 Å². The zero-order chi connectivity index (χ0) is 29.1. The molecule has 2 rings (SSSR count). The van der Waals surface area contributed by atoms with Gasteiger partial charge in [0.1, 0.15) is 0 Å². The van der Waals surface area contributed by atoms with Crippen molar-refractivity contribution in [2.24, 2.45) is 11.8 Å². The van der Waals surface area contributed by atoms with Gasteiger partial charge in [-0.05, 0) is 44.4 Å². The summed E-state index contributed by atoms with van der Waals surface area (Å²) in [7, 11) is 0. The van der Waals surface area contributed by atoms with Crippen molar-refractivity contribution in [2.45, 2.75) is 92.4 Å². The summed E-state index contributed by atoms with van der Waals surface area (Å²) in [6.45, 7) is 0. The highest BCUT2D eigenvalue weighted by Gasteiger charge is 2.81. The molecule has 5 atom stereocenters. The lowest BCUT2D eigenvalue weighted by Crippen LogP contribution is -2.67. The summed E-state index contributed by atoms with van der Waals surface area (Å²) in [5.41, 5.74) is -11.3. The molecule has 18 heteroatoms. The summed E-state index contributed by atoms with van der Waals surface area (Å²) in [5.74, 6) is -15.1. The van der Waals surface area contributed by atoms with E-state index in [9.17, 15) is 75.4 Å². The van der Waals surface area contributed by atoms with E-state index < -0.39 is 97.8 Å². The lowest BCUT2D eigenvalue weighted by Gasteiger charge is -2.44. The number of rotatable bonds is 9. The molecule has 2 nitrogen and oxygen atoms in total. The van der Waals surface area contributed by atoms with Crippen LogP contribution in [-0.2, 0) is 4.74 Å². The van der Waals surface area contributed by atoms with Crippen molar-refractivity contribution in [3.8, 4) is 0 Å². The van der Waals surface area contributed by atoms with Crippen LogP contribution in [0.2, 0.25) is 0 Å². The third-order valence-corrected chi connectivity index (χ3v) is 6.55. The second-order valence-corrected chi connectivity index (χ2v) is 8.97. The van der Waals surface area contributed by atoms with E-state index >= 15 is 0 Å². The lowest BCUT2D eigenvalue weighted by atomic mass is 9.83. The zero-order valence-electron chi connectivity index (χ0n) is 18.0. The molecule has 218 valence electrons. The molecule has 0 spiro atoms. The van der Waals surface area contributed by atoms with Crippen molar-refractivity contribution in [2.75, 3.05) is 0 Å². The van der Waals surface area contributed by atoms with E-state index in [0.717, 1.165) is 0 Å². The van der Waals surface area contributed by atoms with Gasteiger partial charge in [-0.2, -0.15) is 70.2 Å². The standard InChI is InChI=1S/C19H18F16O2/c20-14(21,18(30,31)32)12(36,16(24,25)26)5-1-2-6-13(17(27,28)29,15(22,23)19(33,34)35)37-11-8-9-3-4-10(11)7-9/h3-4,9-11,36H,1-2,5-8H2. The Balaban J connectivity index is 2.40. The fraction of sp³-hybridized carbons (Fsp3) is 0.895. The molecule has 0 aliphatic heterocycles. The second-order valence-electron chi connectivity index (χ2n) is 8.97. The van der Waals surface area contributed by atoms with Crippen molar-refractivity contribution in [1.82, 2.24) is 0 Å². The average Bonchev–Trinajstić information content (AvgIpc) is 3.29. The smallest absolute Gasteiger partial charge is 0.376 e. The Hall–Kier alpha value is -1.46. The summed E-state index contributed by atoms with van der Waals surface area (Å²) in [4.78, 5) is 0. The van der Waals surface area contributed by atoms with E-state index in [0.29, 0.717) is 0 Å². The summed E-state index contributed by atoms with van der Waals surface area (Å²) in [5, 5.41) is 9.21. The van der Waals surface area contributed by atoms with Crippen molar-refractivity contribution < 1.29 is 80.1 Å². The highest BCUT2D eigenvalue weighted by molar-refractivity contribution is 5.13. The predicted molar refractivity (Wildman–Crippen MR) is 90.5 cm³/mol. The van der Waals surface area contributed by atoms with Gasteiger partial charge in [-0.15, -0.1) is 0 Å². The van der Waals surface area contributed by atoms with Crippen LogP contribution < -0.4 is 0 Å². The molecule has 0 saturated heterocycles. The second kappa shape index (κ2) is 9.33. The first-order chi connectivity index (χ1) is 16.3. The zero-order valence-corrected chi connectivity index (χ0v) is 18.0. The maximum atomic E-state index is 14.4. The van der Waals surface area contributed by atoms with Crippen LogP contribution in [0.25, 0.3) is 0 Å². The number of alkyl halides is 16. The van der Waals surface area contributed by atoms with Crippen molar-refractivity contribution >= 4 is 0 Å². The van der Waals surface area contributed by atoms with Crippen LogP contribution in [0.1, 0.15) is 38.5 Å². The normalized spacial score (nSPS) is 26.9. The van der Waals surface area contributed by atoms with Crippen LogP contribution in [0.15, 0.2) is 12.2 Å². The van der Waals surface area contributed by atoms with E-state index in [1.54, 1.807) is 0 Å². The van der Waals surface area contributed by atoms with Crippen LogP contribution in [0.3, 0.4) is 0 Å². The number of unbranched alkanes of at least 4 members (excludes halogenated alkanes) is 1.